The maximum absolute atomic E-state index is 12.8. The monoisotopic (exact) mass is 379 g/mol. The van der Waals surface area contributed by atoms with Crippen LogP contribution in [0.4, 0.5) is 0 Å². The van der Waals surface area contributed by atoms with Crippen LogP contribution >= 0.6 is 0 Å². The second-order valence-electron chi connectivity index (χ2n) is 8.21. The highest BCUT2D eigenvalue weighted by Gasteiger charge is 2.52. The number of amides is 2. The summed E-state index contributed by atoms with van der Waals surface area (Å²) in [5.41, 5.74) is 1.73. The Balaban J connectivity index is 1.48. The summed E-state index contributed by atoms with van der Waals surface area (Å²) in [5, 5.41) is 6.44. The maximum atomic E-state index is 12.8. The molecule has 2 atom stereocenters. The molecule has 0 saturated heterocycles. The first-order chi connectivity index (χ1) is 13.4. The largest absolute Gasteiger partial charge is 0.345 e. The van der Waals surface area contributed by atoms with E-state index in [9.17, 15) is 9.59 Å². The minimum absolute atomic E-state index is 0.141. The van der Waals surface area contributed by atoms with E-state index in [1.165, 1.54) is 6.20 Å². The van der Waals surface area contributed by atoms with E-state index >= 15 is 0 Å². The van der Waals surface area contributed by atoms with Crippen molar-refractivity contribution in [1.82, 2.24) is 25.6 Å². The molecule has 2 saturated carbocycles. The van der Waals surface area contributed by atoms with Gasteiger partial charge in [-0.05, 0) is 64.5 Å². The highest BCUT2D eigenvalue weighted by atomic mass is 16.2. The van der Waals surface area contributed by atoms with Crippen LogP contribution < -0.4 is 10.6 Å². The van der Waals surface area contributed by atoms with Crippen molar-refractivity contribution in [2.24, 2.45) is 0 Å². The number of nitrogens with zero attached hydrogens (tertiary/aromatic N) is 3. The topological polar surface area (TPSA) is 96.9 Å². The molecule has 2 aromatic heterocycles. The van der Waals surface area contributed by atoms with E-state index < -0.39 is 0 Å². The summed E-state index contributed by atoms with van der Waals surface area (Å²) in [5.74, 6) is -0.335. The van der Waals surface area contributed by atoms with Crippen LogP contribution in [-0.4, -0.2) is 37.8 Å². The molecule has 0 aliphatic heterocycles. The van der Waals surface area contributed by atoms with Gasteiger partial charge in [-0.25, -0.2) is 9.97 Å². The van der Waals surface area contributed by atoms with Crippen molar-refractivity contribution in [3.63, 3.8) is 0 Å². The number of pyridine rings is 1. The van der Waals surface area contributed by atoms with Gasteiger partial charge in [0.1, 0.15) is 11.4 Å². The molecule has 0 unspecified atom stereocenters. The third-order valence-corrected chi connectivity index (χ3v) is 5.94. The highest BCUT2D eigenvalue weighted by Crippen LogP contribution is 2.48. The van der Waals surface area contributed by atoms with Gasteiger partial charge in [0.05, 0.1) is 11.9 Å². The number of carbonyl (C=O) groups excluding carboxylic acids is 2. The van der Waals surface area contributed by atoms with Gasteiger partial charge in [-0.3, -0.25) is 14.6 Å². The van der Waals surface area contributed by atoms with Crippen molar-refractivity contribution < 1.29 is 9.59 Å². The standard InChI is InChI=1S/C21H25N5O2/c1-14-5-3-6-16(23-14)18(27)25-20-7-4-8-21(13-20,10-9-20)26-19(28)17-12-22-11-15(2)24-17/h3,5-6,11-12H,4,7-10,13H2,1-2H3,(H,25,27)(H,26,28)/t20-,21+/m1/s1. The number of aryl methyl sites for hydroxylation is 2. The number of aromatic nitrogens is 3. The molecular formula is C21H25N5O2. The average molecular weight is 379 g/mol. The Hall–Kier alpha value is -2.83. The minimum Gasteiger partial charge on any atom is -0.345 e. The van der Waals surface area contributed by atoms with Gasteiger partial charge >= 0.3 is 0 Å². The smallest absolute Gasteiger partial charge is 0.271 e. The number of fused-ring (bicyclic) bond motifs is 2. The summed E-state index contributed by atoms with van der Waals surface area (Å²) in [6.07, 6.45) is 8.36. The molecule has 2 aromatic rings. The Morgan fingerprint density at radius 1 is 0.857 bits per heavy atom. The molecule has 2 heterocycles. The van der Waals surface area contributed by atoms with Gasteiger partial charge in [0.15, 0.2) is 0 Å². The quantitative estimate of drug-likeness (QED) is 0.851. The number of hydrogen-bond acceptors (Lipinski definition) is 5. The van der Waals surface area contributed by atoms with Gasteiger partial charge in [0, 0.05) is 23.0 Å². The number of hydrogen-bond donors (Lipinski definition) is 2. The van der Waals surface area contributed by atoms with Crippen molar-refractivity contribution in [3.05, 3.63) is 53.4 Å². The fourth-order valence-electron chi connectivity index (χ4n) is 4.69. The van der Waals surface area contributed by atoms with Crippen LogP contribution in [0.1, 0.15) is 70.9 Å². The SMILES string of the molecule is Cc1cncc(C(=O)N[C@@]23CCC[C@@](NC(=O)c4cccc(C)n4)(CC2)C3)n1. The van der Waals surface area contributed by atoms with Crippen molar-refractivity contribution >= 4 is 11.8 Å². The lowest BCUT2D eigenvalue weighted by molar-refractivity contribution is 0.0826. The minimum atomic E-state index is -0.298. The molecule has 2 N–H and O–H groups in total. The number of carbonyl (C=O) groups is 2. The third-order valence-electron chi connectivity index (χ3n) is 5.94. The summed E-state index contributed by atoms with van der Waals surface area (Å²) in [4.78, 5) is 38.2. The Bertz CT molecular complexity index is 857. The summed E-state index contributed by atoms with van der Waals surface area (Å²) < 4.78 is 0. The van der Waals surface area contributed by atoms with E-state index in [-0.39, 0.29) is 22.9 Å². The molecule has 146 valence electrons. The van der Waals surface area contributed by atoms with Crippen molar-refractivity contribution in [1.29, 1.82) is 0 Å². The lowest BCUT2D eigenvalue weighted by Crippen LogP contribution is -2.55. The lowest BCUT2D eigenvalue weighted by Gasteiger charge is -2.40. The van der Waals surface area contributed by atoms with Crippen LogP contribution in [0.2, 0.25) is 0 Å². The molecule has 28 heavy (non-hydrogen) atoms. The Labute approximate surface area is 164 Å². The Morgan fingerprint density at radius 2 is 1.50 bits per heavy atom. The fraction of sp³-hybridized carbons (Fsp3) is 0.476. The molecule has 4 rings (SSSR count). The van der Waals surface area contributed by atoms with E-state index in [2.05, 4.69) is 25.6 Å². The first kappa shape index (κ1) is 18.5. The molecular weight excluding hydrogens is 354 g/mol. The van der Waals surface area contributed by atoms with Crippen LogP contribution in [-0.2, 0) is 0 Å². The molecule has 2 aliphatic carbocycles. The molecule has 2 bridgehead atoms. The van der Waals surface area contributed by atoms with E-state index in [0.29, 0.717) is 17.1 Å². The molecule has 7 heteroatoms. The van der Waals surface area contributed by atoms with Gasteiger partial charge in [-0.15, -0.1) is 0 Å². The molecule has 2 fully saturated rings. The van der Waals surface area contributed by atoms with Gasteiger partial charge < -0.3 is 10.6 Å². The fourth-order valence-corrected chi connectivity index (χ4v) is 4.69. The summed E-state index contributed by atoms with van der Waals surface area (Å²) in [6.45, 7) is 3.69. The zero-order valence-corrected chi connectivity index (χ0v) is 16.3. The molecule has 0 spiro atoms. The molecule has 0 aromatic carbocycles. The van der Waals surface area contributed by atoms with Crippen molar-refractivity contribution in [2.45, 2.75) is 63.5 Å². The number of nitrogens with one attached hydrogen (secondary N) is 2. The maximum Gasteiger partial charge on any atom is 0.271 e. The normalized spacial score (nSPS) is 25.9. The average Bonchev–Trinajstić information content (AvgIpc) is 2.91. The van der Waals surface area contributed by atoms with E-state index in [1.54, 1.807) is 12.3 Å². The van der Waals surface area contributed by atoms with Gasteiger partial charge in [-0.2, -0.15) is 0 Å². The lowest BCUT2D eigenvalue weighted by atomic mass is 9.78. The first-order valence-corrected chi connectivity index (χ1v) is 9.76. The third kappa shape index (κ3) is 3.61. The molecule has 2 aliphatic rings. The highest BCUT2D eigenvalue weighted by molar-refractivity contribution is 5.93. The van der Waals surface area contributed by atoms with Crippen LogP contribution in [0.15, 0.2) is 30.6 Å². The summed E-state index contributed by atoms with van der Waals surface area (Å²) in [7, 11) is 0. The second-order valence-corrected chi connectivity index (χ2v) is 8.21. The second kappa shape index (κ2) is 6.96. The van der Waals surface area contributed by atoms with Crippen LogP contribution in [0.5, 0.6) is 0 Å². The molecule has 7 nitrogen and oxygen atoms in total. The summed E-state index contributed by atoms with van der Waals surface area (Å²) in [6, 6.07) is 5.46. The zero-order valence-electron chi connectivity index (χ0n) is 16.3. The van der Waals surface area contributed by atoms with Gasteiger partial charge in [-0.1, -0.05) is 6.07 Å². The van der Waals surface area contributed by atoms with E-state index in [1.807, 2.05) is 26.0 Å². The van der Waals surface area contributed by atoms with E-state index in [0.717, 1.165) is 44.2 Å². The number of rotatable bonds is 4. The molecule has 0 radical (unpaired) electrons. The summed E-state index contributed by atoms with van der Waals surface area (Å²) >= 11 is 0. The van der Waals surface area contributed by atoms with Gasteiger partial charge in [0.25, 0.3) is 11.8 Å². The predicted octanol–water partition coefficient (Wildman–Crippen LogP) is 2.49. The Morgan fingerprint density at radius 3 is 2.14 bits per heavy atom. The molecule has 2 amide bonds. The van der Waals surface area contributed by atoms with Crippen LogP contribution in [0.25, 0.3) is 0 Å². The van der Waals surface area contributed by atoms with Crippen molar-refractivity contribution in [3.8, 4) is 0 Å². The van der Waals surface area contributed by atoms with Crippen molar-refractivity contribution in [2.75, 3.05) is 0 Å². The zero-order chi connectivity index (χ0) is 19.8. The Kier molecular flexibility index (Phi) is 4.61. The van der Waals surface area contributed by atoms with E-state index in [4.69, 9.17) is 0 Å². The first-order valence-electron chi connectivity index (χ1n) is 9.76. The predicted molar refractivity (Wildman–Crippen MR) is 104 cm³/mol. The van der Waals surface area contributed by atoms with Crippen LogP contribution in [0.3, 0.4) is 0 Å². The van der Waals surface area contributed by atoms with Crippen LogP contribution in [0, 0.1) is 13.8 Å². The van der Waals surface area contributed by atoms with Gasteiger partial charge in [0.2, 0.25) is 0 Å².